The number of rotatable bonds is 7. The molecule has 6 heteroatoms. The summed E-state index contributed by atoms with van der Waals surface area (Å²) in [6, 6.07) is 12.4. The molecule has 2 N–H and O–H groups in total. The molecule has 0 radical (unpaired) electrons. The Morgan fingerprint density at radius 1 is 1.05 bits per heavy atom. The van der Waals surface area contributed by atoms with Crippen LogP contribution in [-0.2, 0) is 14.8 Å². The zero-order valence-electron chi connectivity index (χ0n) is 11.5. The maximum atomic E-state index is 12.3. The van der Waals surface area contributed by atoms with E-state index in [0.717, 1.165) is 5.39 Å². The Morgan fingerprint density at radius 3 is 2.52 bits per heavy atom. The molecule has 0 bridgehead atoms. The molecule has 5 nitrogen and oxygen atoms in total. The standard InChI is InChI=1S/C15H17NO4S/c17-15(18)10-3-4-11-16-21(19,20)14-9-5-7-12-6-1-2-8-13(12)14/h1-2,5-9,16H,3-4,10-11H2,(H,17,18). The number of carbonyl (C=O) groups is 1. The molecule has 0 aliphatic carbocycles. The largest absolute Gasteiger partial charge is 0.481 e. The van der Waals surface area contributed by atoms with E-state index in [1.165, 1.54) is 0 Å². The Balaban J connectivity index is 2.10. The average molecular weight is 307 g/mol. The molecule has 21 heavy (non-hydrogen) atoms. The Hall–Kier alpha value is -1.92. The van der Waals surface area contributed by atoms with Gasteiger partial charge in [0.2, 0.25) is 10.0 Å². The van der Waals surface area contributed by atoms with Gasteiger partial charge in [0.25, 0.3) is 0 Å². The molecule has 0 unspecified atom stereocenters. The van der Waals surface area contributed by atoms with E-state index in [0.29, 0.717) is 18.2 Å². The lowest BCUT2D eigenvalue weighted by atomic mass is 10.1. The Morgan fingerprint density at radius 2 is 1.76 bits per heavy atom. The highest BCUT2D eigenvalue weighted by atomic mass is 32.2. The number of aliphatic carboxylic acids is 1. The maximum Gasteiger partial charge on any atom is 0.303 e. The minimum atomic E-state index is -3.59. The normalized spacial score (nSPS) is 11.6. The van der Waals surface area contributed by atoms with Crippen molar-refractivity contribution in [1.82, 2.24) is 4.72 Å². The molecule has 0 aliphatic rings. The minimum Gasteiger partial charge on any atom is -0.481 e. The van der Waals surface area contributed by atoms with Crippen molar-refractivity contribution in [2.24, 2.45) is 0 Å². The van der Waals surface area contributed by atoms with E-state index >= 15 is 0 Å². The fourth-order valence-electron chi connectivity index (χ4n) is 2.12. The number of nitrogens with one attached hydrogen (secondary N) is 1. The highest BCUT2D eigenvalue weighted by molar-refractivity contribution is 7.89. The van der Waals surface area contributed by atoms with Crippen LogP contribution in [0.25, 0.3) is 10.8 Å². The van der Waals surface area contributed by atoms with Crippen LogP contribution in [0.2, 0.25) is 0 Å². The number of fused-ring (bicyclic) bond motifs is 1. The molecule has 2 aromatic carbocycles. The van der Waals surface area contributed by atoms with Gasteiger partial charge in [0.15, 0.2) is 0 Å². The lowest BCUT2D eigenvalue weighted by Gasteiger charge is -2.09. The highest BCUT2D eigenvalue weighted by Crippen LogP contribution is 2.22. The van der Waals surface area contributed by atoms with E-state index < -0.39 is 16.0 Å². The van der Waals surface area contributed by atoms with Gasteiger partial charge in [-0.2, -0.15) is 0 Å². The van der Waals surface area contributed by atoms with Gasteiger partial charge < -0.3 is 5.11 Å². The first-order valence-electron chi connectivity index (χ1n) is 6.70. The van der Waals surface area contributed by atoms with Crippen molar-refractivity contribution in [3.63, 3.8) is 0 Å². The first-order valence-corrected chi connectivity index (χ1v) is 8.18. The summed E-state index contributed by atoms with van der Waals surface area (Å²) in [5.74, 6) is -0.869. The van der Waals surface area contributed by atoms with Crippen LogP contribution in [0.5, 0.6) is 0 Å². The molecule has 112 valence electrons. The van der Waals surface area contributed by atoms with Crippen LogP contribution in [0.3, 0.4) is 0 Å². The van der Waals surface area contributed by atoms with Crippen LogP contribution >= 0.6 is 0 Å². The third-order valence-corrected chi connectivity index (χ3v) is 4.67. The number of benzene rings is 2. The fraction of sp³-hybridized carbons (Fsp3) is 0.267. The quantitative estimate of drug-likeness (QED) is 0.769. The smallest absolute Gasteiger partial charge is 0.303 e. The summed E-state index contributed by atoms with van der Waals surface area (Å²) in [5, 5.41) is 10.1. The molecule has 2 aromatic rings. The van der Waals surface area contributed by atoms with Crippen LogP contribution in [0.4, 0.5) is 0 Å². The topological polar surface area (TPSA) is 83.5 Å². The van der Waals surface area contributed by atoms with Crippen LogP contribution < -0.4 is 4.72 Å². The van der Waals surface area contributed by atoms with Crippen LogP contribution in [0, 0.1) is 0 Å². The van der Waals surface area contributed by atoms with E-state index in [-0.39, 0.29) is 17.9 Å². The number of hydrogen-bond acceptors (Lipinski definition) is 3. The van der Waals surface area contributed by atoms with Crippen molar-refractivity contribution in [3.8, 4) is 0 Å². The van der Waals surface area contributed by atoms with Crippen molar-refractivity contribution < 1.29 is 18.3 Å². The Kier molecular flexibility index (Phi) is 4.93. The number of carboxylic acids is 1. The van der Waals surface area contributed by atoms with Gasteiger partial charge in [-0.1, -0.05) is 36.4 Å². The predicted octanol–water partition coefficient (Wildman–Crippen LogP) is 2.37. The van der Waals surface area contributed by atoms with E-state index in [2.05, 4.69) is 4.72 Å². The number of carboxylic acid groups (broad SMARTS) is 1. The van der Waals surface area contributed by atoms with Crippen LogP contribution in [-0.4, -0.2) is 26.0 Å². The Bertz CT molecular complexity index is 735. The molecular formula is C15H17NO4S. The first-order chi connectivity index (χ1) is 10.0. The predicted molar refractivity (Wildman–Crippen MR) is 80.6 cm³/mol. The van der Waals surface area contributed by atoms with Gasteiger partial charge in [-0.3, -0.25) is 4.79 Å². The zero-order chi connectivity index (χ0) is 15.3. The molecular weight excluding hydrogens is 290 g/mol. The molecule has 0 atom stereocenters. The fourth-order valence-corrected chi connectivity index (χ4v) is 3.42. The second kappa shape index (κ2) is 6.69. The van der Waals surface area contributed by atoms with Gasteiger partial charge in [0.05, 0.1) is 4.90 Å². The zero-order valence-corrected chi connectivity index (χ0v) is 12.3. The van der Waals surface area contributed by atoms with Crippen molar-refractivity contribution >= 4 is 26.8 Å². The third kappa shape index (κ3) is 4.03. The van der Waals surface area contributed by atoms with Crippen molar-refractivity contribution in [2.75, 3.05) is 6.54 Å². The number of sulfonamides is 1. The molecule has 0 fully saturated rings. The van der Waals surface area contributed by atoms with Gasteiger partial charge >= 0.3 is 5.97 Å². The van der Waals surface area contributed by atoms with Crippen LogP contribution in [0.15, 0.2) is 47.4 Å². The number of unbranched alkanes of at least 4 members (excludes halogenated alkanes) is 1. The minimum absolute atomic E-state index is 0.0516. The Labute approximate surface area is 123 Å². The highest BCUT2D eigenvalue weighted by Gasteiger charge is 2.16. The monoisotopic (exact) mass is 307 g/mol. The van der Waals surface area contributed by atoms with Gasteiger partial charge in [-0.15, -0.1) is 0 Å². The molecule has 2 rings (SSSR count). The summed E-state index contributed by atoms with van der Waals surface area (Å²) in [4.78, 5) is 10.6. The lowest BCUT2D eigenvalue weighted by Crippen LogP contribution is -2.25. The SMILES string of the molecule is O=C(O)CCCCNS(=O)(=O)c1cccc2ccccc12. The summed E-state index contributed by atoms with van der Waals surface area (Å²) in [5.41, 5.74) is 0. The van der Waals surface area contributed by atoms with Crippen LogP contribution in [0.1, 0.15) is 19.3 Å². The lowest BCUT2D eigenvalue weighted by molar-refractivity contribution is -0.137. The molecule has 0 heterocycles. The molecule has 0 aliphatic heterocycles. The van der Waals surface area contributed by atoms with Gasteiger partial charge in [0, 0.05) is 18.4 Å². The summed E-state index contributed by atoms with van der Waals surface area (Å²) in [7, 11) is -3.59. The van der Waals surface area contributed by atoms with E-state index in [1.54, 1.807) is 24.3 Å². The molecule has 0 spiro atoms. The second-order valence-corrected chi connectivity index (χ2v) is 6.46. The first kappa shape index (κ1) is 15.5. The van der Waals surface area contributed by atoms with Crippen molar-refractivity contribution in [2.45, 2.75) is 24.2 Å². The second-order valence-electron chi connectivity index (χ2n) is 4.73. The molecule has 0 saturated carbocycles. The van der Waals surface area contributed by atoms with E-state index in [9.17, 15) is 13.2 Å². The van der Waals surface area contributed by atoms with Crippen molar-refractivity contribution in [3.05, 3.63) is 42.5 Å². The third-order valence-electron chi connectivity index (χ3n) is 3.15. The van der Waals surface area contributed by atoms with Crippen molar-refractivity contribution in [1.29, 1.82) is 0 Å². The van der Waals surface area contributed by atoms with Gasteiger partial charge in [0.1, 0.15) is 0 Å². The maximum absolute atomic E-state index is 12.3. The molecule has 0 aromatic heterocycles. The van der Waals surface area contributed by atoms with Gasteiger partial charge in [-0.25, -0.2) is 13.1 Å². The van der Waals surface area contributed by atoms with E-state index in [1.807, 2.05) is 18.2 Å². The average Bonchev–Trinajstić information content (AvgIpc) is 2.46. The molecule has 0 saturated heterocycles. The summed E-state index contributed by atoms with van der Waals surface area (Å²) >= 11 is 0. The summed E-state index contributed by atoms with van der Waals surface area (Å²) < 4.78 is 27.2. The van der Waals surface area contributed by atoms with E-state index in [4.69, 9.17) is 5.11 Å². The molecule has 0 amide bonds. The number of hydrogen-bond donors (Lipinski definition) is 2. The summed E-state index contributed by atoms with van der Waals surface area (Å²) in [6.07, 6.45) is 1.000. The van der Waals surface area contributed by atoms with Gasteiger partial charge in [-0.05, 0) is 24.3 Å². The summed E-state index contributed by atoms with van der Waals surface area (Å²) in [6.45, 7) is 0.235.